The summed E-state index contributed by atoms with van der Waals surface area (Å²) in [5.74, 6) is 1.48. The zero-order valence-corrected chi connectivity index (χ0v) is 10.6. The number of rotatable bonds is 5. The Morgan fingerprint density at radius 2 is 2.12 bits per heavy atom. The predicted molar refractivity (Wildman–Crippen MR) is 66.0 cm³/mol. The second kappa shape index (κ2) is 4.58. The van der Waals surface area contributed by atoms with E-state index in [2.05, 4.69) is 30.3 Å². The van der Waals surface area contributed by atoms with Gasteiger partial charge in [-0.15, -0.1) is 0 Å². The lowest BCUT2D eigenvalue weighted by molar-refractivity contribution is 0.430. The summed E-state index contributed by atoms with van der Waals surface area (Å²) in [6.45, 7) is 6.71. The highest BCUT2D eigenvalue weighted by Crippen LogP contribution is 2.40. The molecule has 0 aromatic carbocycles. The summed E-state index contributed by atoms with van der Waals surface area (Å²) in [6, 6.07) is 0.694. The Morgan fingerprint density at radius 1 is 1.44 bits per heavy atom. The summed E-state index contributed by atoms with van der Waals surface area (Å²) in [5, 5.41) is 0. The van der Waals surface area contributed by atoms with Crippen LogP contribution >= 0.6 is 0 Å². The molecule has 1 aliphatic carbocycles. The Kier molecular flexibility index (Phi) is 3.33. The second-order valence-corrected chi connectivity index (χ2v) is 5.54. The molecule has 1 aliphatic rings. The summed E-state index contributed by atoms with van der Waals surface area (Å²) in [7, 11) is 0. The van der Waals surface area contributed by atoms with Crippen molar-refractivity contribution in [2.45, 2.75) is 52.1 Å². The van der Waals surface area contributed by atoms with Crippen molar-refractivity contribution < 1.29 is 0 Å². The van der Waals surface area contributed by atoms with Crippen LogP contribution in [0.3, 0.4) is 0 Å². The maximum Gasteiger partial charge on any atom is 0.0951 e. The highest BCUT2D eigenvalue weighted by atomic mass is 15.1. The van der Waals surface area contributed by atoms with E-state index in [1.54, 1.807) is 0 Å². The van der Waals surface area contributed by atoms with Gasteiger partial charge in [-0.3, -0.25) is 0 Å². The van der Waals surface area contributed by atoms with Gasteiger partial charge in [0.05, 0.1) is 12.0 Å². The Morgan fingerprint density at radius 3 is 2.69 bits per heavy atom. The Balaban J connectivity index is 2.11. The minimum atomic E-state index is 0.128. The number of hydrogen-bond acceptors (Lipinski definition) is 2. The summed E-state index contributed by atoms with van der Waals surface area (Å²) in [4.78, 5) is 4.26. The molecule has 2 atom stereocenters. The van der Waals surface area contributed by atoms with Crippen molar-refractivity contribution in [1.29, 1.82) is 0 Å². The van der Waals surface area contributed by atoms with Crippen LogP contribution in [-0.4, -0.2) is 9.55 Å². The number of hydrogen-bond donors (Lipinski definition) is 1. The molecule has 1 heterocycles. The van der Waals surface area contributed by atoms with E-state index in [0.717, 1.165) is 12.3 Å². The molecule has 1 saturated carbocycles. The van der Waals surface area contributed by atoms with Gasteiger partial charge in [-0.2, -0.15) is 0 Å². The van der Waals surface area contributed by atoms with Gasteiger partial charge in [0.2, 0.25) is 0 Å². The smallest absolute Gasteiger partial charge is 0.0951 e. The van der Waals surface area contributed by atoms with E-state index >= 15 is 0 Å². The van der Waals surface area contributed by atoms with Crippen LogP contribution in [0.1, 0.15) is 57.8 Å². The third-order valence-electron chi connectivity index (χ3n) is 3.54. The van der Waals surface area contributed by atoms with Crippen LogP contribution < -0.4 is 5.73 Å². The molecular weight excluding hydrogens is 198 g/mol. The van der Waals surface area contributed by atoms with E-state index in [1.807, 2.05) is 12.5 Å². The molecule has 1 aromatic heterocycles. The average molecular weight is 221 g/mol. The van der Waals surface area contributed by atoms with Crippen molar-refractivity contribution in [3.63, 3.8) is 0 Å². The number of imidazole rings is 1. The maximum absolute atomic E-state index is 6.24. The third kappa shape index (κ3) is 2.46. The molecule has 1 aromatic rings. The first-order valence-corrected chi connectivity index (χ1v) is 6.37. The minimum absolute atomic E-state index is 0.128. The Labute approximate surface area is 98.1 Å². The maximum atomic E-state index is 6.24. The molecule has 1 fully saturated rings. The lowest BCUT2D eigenvalue weighted by Gasteiger charge is -2.20. The lowest BCUT2D eigenvalue weighted by Crippen LogP contribution is -2.19. The van der Waals surface area contributed by atoms with E-state index in [4.69, 9.17) is 5.73 Å². The number of nitrogens with zero attached hydrogens (tertiary/aromatic N) is 2. The van der Waals surface area contributed by atoms with Crippen LogP contribution in [0.4, 0.5) is 0 Å². The Bertz CT molecular complexity index is 339. The van der Waals surface area contributed by atoms with E-state index in [1.165, 1.54) is 18.5 Å². The van der Waals surface area contributed by atoms with Gasteiger partial charge in [-0.25, -0.2) is 4.98 Å². The fourth-order valence-corrected chi connectivity index (χ4v) is 2.38. The molecule has 2 unspecified atom stereocenters. The first-order chi connectivity index (χ1) is 7.59. The van der Waals surface area contributed by atoms with E-state index < -0.39 is 0 Å². The molecule has 90 valence electrons. The molecule has 0 saturated heterocycles. The van der Waals surface area contributed by atoms with Crippen molar-refractivity contribution in [2.24, 2.45) is 17.6 Å². The molecule has 16 heavy (non-hydrogen) atoms. The average Bonchev–Trinajstić information content (AvgIpc) is 2.93. The van der Waals surface area contributed by atoms with Gasteiger partial charge in [-0.1, -0.05) is 13.8 Å². The zero-order valence-electron chi connectivity index (χ0n) is 10.6. The van der Waals surface area contributed by atoms with Gasteiger partial charge in [0.1, 0.15) is 0 Å². The molecular formula is C13H23N3. The normalized spacial score (nSPS) is 20.1. The summed E-state index contributed by atoms with van der Waals surface area (Å²) in [5.41, 5.74) is 7.44. The molecule has 2 N–H and O–H groups in total. The zero-order chi connectivity index (χ0) is 11.7. The van der Waals surface area contributed by atoms with Gasteiger partial charge < -0.3 is 10.3 Å². The van der Waals surface area contributed by atoms with Gasteiger partial charge in [0.25, 0.3) is 0 Å². The first kappa shape index (κ1) is 11.6. The Hall–Kier alpha value is -0.830. The molecule has 3 heteroatoms. The molecule has 0 amide bonds. The molecule has 0 bridgehead atoms. The van der Waals surface area contributed by atoms with Gasteiger partial charge in [-0.05, 0) is 38.0 Å². The van der Waals surface area contributed by atoms with Crippen LogP contribution in [0.5, 0.6) is 0 Å². The van der Waals surface area contributed by atoms with E-state index in [9.17, 15) is 0 Å². The fraction of sp³-hybridized carbons (Fsp3) is 0.769. The summed E-state index contributed by atoms with van der Waals surface area (Å²) in [6.07, 6.45) is 7.63. The van der Waals surface area contributed by atoms with E-state index in [0.29, 0.717) is 12.0 Å². The molecule has 2 rings (SSSR count). The lowest BCUT2D eigenvalue weighted by atomic mass is 10.0. The fourth-order valence-electron chi connectivity index (χ4n) is 2.38. The van der Waals surface area contributed by atoms with Crippen molar-refractivity contribution in [3.05, 3.63) is 18.2 Å². The van der Waals surface area contributed by atoms with Crippen molar-refractivity contribution in [2.75, 3.05) is 0 Å². The largest absolute Gasteiger partial charge is 0.330 e. The summed E-state index contributed by atoms with van der Waals surface area (Å²) < 4.78 is 2.28. The highest BCUT2D eigenvalue weighted by molar-refractivity contribution is 5.07. The van der Waals surface area contributed by atoms with Crippen molar-refractivity contribution in [1.82, 2.24) is 9.55 Å². The number of aromatic nitrogens is 2. The first-order valence-electron chi connectivity index (χ1n) is 6.37. The van der Waals surface area contributed by atoms with E-state index in [-0.39, 0.29) is 6.04 Å². The van der Waals surface area contributed by atoms with Crippen molar-refractivity contribution >= 4 is 0 Å². The monoisotopic (exact) mass is 221 g/mol. The molecule has 0 spiro atoms. The highest BCUT2D eigenvalue weighted by Gasteiger charge is 2.30. The quantitative estimate of drug-likeness (QED) is 0.830. The summed E-state index contributed by atoms with van der Waals surface area (Å²) >= 11 is 0. The number of nitrogens with two attached hydrogens (primary N) is 1. The van der Waals surface area contributed by atoms with Crippen LogP contribution in [0.2, 0.25) is 0 Å². The third-order valence-corrected chi connectivity index (χ3v) is 3.54. The van der Waals surface area contributed by atoms with Gasteiger partial charge in [0, 0.05) is 18.3 Å². The van der Waals surface area contributed by atoms with Crippen LogP contribution in [-0.2, 0) is 0 Å². The standard InChI is InChI=1S/C13H23N3/c1-9(2)6-12(14)13-7-15-8-16(13)10(3)11-4-5-11/h7-12H,4-6,14H2,1-3H3. The van der Waals surface area contributed by atoms with Crippen molar-refractivity contribution in [3.8, 4) is 0 Å². The predicted octanol–water partition coefficient (Wildman–Crippen LogP) is 2.90. The molecule has 0 radical (unpaired) electrons. The van der Waals surface area contributed by atoms with Gasteiger partial charge >= 0.3 is 0 Å². The molecule has 3 nitrogen and oxygen atoms in total. The van der Waals surface area contributed by atoms with Crippen LogP contribution in [0.25, 0.3) is 0 Å². The molecule has 0 aliphatic heterocycles. The topological polar surface area (TPSA) is 43.8 Å². The second-order valence-electron chi connectivity index (χ2n) is 5.54. The van der Waals surface area contributed by atoms with Gasteiger partial charge in [0.15, 0.2) is 0 Å². The van der Waals surface area contributed by atoms with Crippen LogP contribution in [0, 0.1) is 11.8 Å². The van der Waals surface area contributed by atoms with Crippen LogP contribution in [0.15, 0.2) is 12.5 Å². The minimum Gasteiger partial charge on any atom is -0.330 e. The SMILES string of the molecule is CC(C)CC(N)c1cncn1C(C)C1CC1.